The van der Waals surface area contributed by atoms with Gasteiger partial charge < -0.3 is 25.4 Å². The third kappa shape index (κ3) is 7.00. The van der Waals surface area contributed by atoms with Gasteiger partial charge in [-0.1, -0.05) is 12.8 Å². The number of carbonyl (C=O) groups is 1. The van der Waals surface area contributed by atoms with Gasteiger partial charge in [-0.05, 0) is 37.8 Å². The normalized spacial score (nSPS) is 14.7. The number of hydrogen-bond donors (Lipinski definition) is 3. The van der Waals surface area contributed by atoms with Crippen LogP contribution in [-0.2, 0) is 4.79 Å². The molecule has 150 valence electrons. The van der Waals surface area contributed by atoms with E-state index in [9.17, 15) is 4.79 Å². The number of benzene rings is 1. The fourth-order valence-electron chi connectivity index (χ4n) is 3.27. The highest BCUT2D eigenvalue weighted by atomic mass is 16.5. The van der Waals surface area contributed by atoms with E-state index in [0.717, 1.165) is 5.69 Å². The molecule has 1 amide bonds. The Bertz CT molecular complexity index is 628. The van der Waals surface area contributed by atoms with Crippen LogP contribution in [0.2, 0.25) is 0 Å². The van der Waals surface area contributed by atoms with E-state index in [1.165, 1.54) is 25.7 Å². The molecule has 27 heavy (non-hydrogen) atoms. The minimum absolute atomic E-state index is 0.142. The van der Waals surface area contributed by atoms with Gasteiger partial charge in [-0.2, -0.15) is 0 Å². The number of methoxy groups -OCH3 is 1. The molecule has 1 aromatic rings. The molecule has 0 radical (unpaired) electrons. The SMILES string of the molecule is CCOc1cc(NC(=NC)NCCNC(=O)CC2CCCC2)ccc1OC. The lowest BCUT2D eigenvalue weighted by molar-refractivity contribution is -0.121. The van der Waals surface area contributed by atoms with E-state index in [-0.39, 0.29) is 5.91 Å². The van der Waals surface area contributed by atoms with Gasteiger partial charge in [0.1, 0.15) is 0 Å². The van der Waals surface area contributed by atoms with Gasteiger partial charge in [-0.25, -0.2) is 0 Å². The number of aliphatic imine (C=N–C) groups is 1. The molecule has 0 spiro atoms. The lowest BCUT2D eigenvalue weighted by atomic mass is 10.0. The summed E-state index contributed by atoms with van der Waals surface area (Å²) in [5.74, 6) is 2.72. The smallest absolute Gasteiger partial charge is 0.220 e. The van der Waals surface area contributed by atoms with Crippen LogP contribution in [0.15, 0.2) is 23.2 Å². The molecule has 0 bridgehead atoms. The number of nitrogens with one attached hydrogen (secondary N) is 3. The van der Waals surface area contributed by atoms with Crippen molar-refractivity contribution in [3.8, 4) is 11.5 Å². The Morgan fingerprint density at radius 3 is 2.59 bits per heavy atom. The van der Waals surface area contributed by atoms with Gasteiger partial charge in [0.05, 0.1) is 13.7 Å². The van der Waals surface area contributed by atoms with Gasteiger partial charge in [-0.15, -0.1) is 0 Å². The molecule has 1 aliphatic carbocycles. The van der Waals surface area contributed by atoms with Gasteiger partial charge in [0.2, 0.25) is 5.91 Å². The third-order valence-corrected chi connectivity index (χ3v) is 4.64. The zero-order chi connectivity index (χ0) is 19.5. The quantitative estimate of drug-likeness (QED) is 0.351. The number of anilines is 1. The number of nitrogens with zero attached hydrogens (tertiary/aromatic N) is 1. The topological polar surface area (TPSA) is 84.0 Å². The Balaban J connectivity index is 1.75. The first kappa shape index (κ1) is 20.9. The molecule has 1 saturated carbocycles. The number of hydrogen-bond acceptors (Lipinski definition) is 4. The van der Waals surface area contributed by atoms with Crippen molar-refractivity contribution >= 4 is 17.6 Å². The molecule has 1 aromatic carbocycles. The van der Waals surface area contributed by atoms with Crippen molar-refractivity contribution in [1.29, 1.82) is 0 Å². The average Bonchev–Trinajstić information content (AvgIpc) is 3.17. The molecule has 0 heterocycles. The largest absolute Gasteiger partial charge is 0.493 e. The molecule has 1 fully saturated rings. The predicted octanol–water partition coefficient (Wildman–Crippen LogP) is 2.78. The number of ether oxygens (including phenoxy) is 2. The molecule has 0 aliphatic heterocycles. The fraction of sp³-hybridized carbons (Fsp3) is 0.600. The molecule has 7 nitrogen and oxygen atoms in total. The van der Waals surface area contributed by atoms with Crippen molar-refractivity contribution in [2.75, 3.05) is 39.2 Å². The molecule has 0 unspecified atom stereocenters. The lowest BCUT2D eigenvalue weighted by Gasteiger charge is -2.15. The van der Waals surface area contributed by atoms with Gasteiger partial charge in [0.25, 0.3) is 0 Å². The second-order valence-corrected chi connectivity index (χ2v) is 6.63. The molecule has 0 saturated heterocycles. The number of guanidine groups is 1. The van der Waals surface area contributed by atoms with Crippen LogP contribution in [-0.4, -0.2) is 45.7 Å². The van der Waals surface area contributed by atoms with Crippen LogP contribution in [0, 0.1) is 5.92 Å². The third-order valence-electron chi connectivity index (χ3n) is 4.64. The highest BCUT2D eigenvalue weighted by Crippen LogP contribution is 2.30. The molecule has 1 aliphatic rings. The first-order chi connectivity index (χ1) is 13.2. The van der Waals surface area contributed by atoms with Crippen LogP contribution in [0.4, 0.5) is 5.69 Å². The molecule has 3 N–H and O–H groups in total. The van der Waals surface area contributed by atoms with Crippen LogP contribution in [0.5, 0.6) is 11.5 Å². The number of rotatable bonds is 9. The van der Waals surface area contributed by atoms with Crippen molar-refractivity contribution in [2.45, 2.75) is 39.0 Å². The minimum Gasteiger partial charge on any atom is -0.493 e. The lowest BCUT2D eigenvalue weighted by Crippen LogP contribution is -2.38. The molecule has 0 aromatic heterocycles. The van der Waals surface area contributed by atoms with E-state index >= 15 is 0 Å². The first-order valence-corrected chi connectivity index (χ1v) is 9.71. The summed E-state index contributed by atoms with van der Waals surface area (Å²) < 4.78 is 10.9. The first-order valence-electron chi connectivity index (χ1n) is 9.71. The van der Waals surface area contributed by atoms with Gasteiger partial charge >= 0.3 is 0 Å². The van der Waals surface area contributed by atoms with Crippen LogP contribution < -0.4 is 25.4 Å². The Kier molecular flexibility index (Phi) is 8.74. The van der Waals surface area contributed by atoms with Gasteiger partial charge in [-0.3, -0.25) is 9.79 Å². The molecule has 7 heteroatoms. The van der Waals surface area contributed by atoms with Gasteiger partial charge in [0.15, 0.2) is 17.5 Å². The number of amides is 1. The fourth-order valence-corrected chi connectivity index (χ4v) is 3.27. The van der Waals surface area contributed by atoms with E-state index in [1.54, 1.807) is 14.2 Å². The highest BCUT2D eigenvalue weighted by molar-refractivity contribution is 5.93. The van der Waals surface area contributed by atoms with E-state index in [4.69, 9.17) is 9.47 Å². The standard InChI is InChI=1S/C20H32N4O3/c1-4-27-18-14-16(9-10-17(18)26-3)24-20(21-2)23-12-11-22-19(25)13-15-7-5-6-8-15/h9-10,14-15H,4-8,11-13H2,1-3H3,(H,22,25)(H2,21,23,24). The summed E-state index contributed by atoms with van der Waals surface area (Å²) in [5, 5.41) is 9.39. The second kappa shape index (κ2) is 11.3. The average molecular weight is 377 g/mol. The van der Waals surface area contributed by atoms with E-state index < -0.39 is 0 Å². The molecular weight excluding hydrogens is 344 g/mol. The second-order valence-electron chi connectivity index (χ2n) is 6.63. The maximum absolute atomic E-state index is 12.0. The molecule has 2 rings (SSSR count). The van der Waals surface area contributed by atoms with Crippen molar-refractivity contribution in [2.24, 2.45) is 10.9 Å². The summed E-state index contributed by atoms with van der Waals surface area (Å²) in [5.41, 5.74) is 0.845. The summed E-state index contributed by atoms with van der Waals surface area (Å²) >= 11 is 0. The van der Waals surface area contributed by atoms with E-state index in [2.05, 4.69) is 20.9 Å². The summed E-state index contributed by atoms with van der Waals surface area (Å²) in [7, 11) is 3.33. The molecular formula is C20H32N4O3. The summed E-state index contributed by atoms with van der Waals surface area (Å²) in [6.45, 7) is 3.66. The van der Waals surface area contributed by atoms with Gasteiger partial charge in [0, 0.05) is 38.3 Å². The van der Waals surface area contributed by atoms with Crippen LogP contribution >= 0.6 is 0 Å². The molecule has 0 atom stereocenters. The minimum atomic E-state index is 0.142. The van der Waals surface area contributed by atoms with Crippen molar-refractivity contribution in [1.82, 2.24) is 10.6 Å². The van der Waals surface area contributed by atoms with Crippen LogP contribution in [0.1, 0.15) is 39.0 Å². The number of carbonyl (C=O) groups excluding carboxylic acids is 1. The Hall–Kier alpha value is -2.44. The predicted molar refractivity (Wildman–Crippen MR) is 109 cm³/mol. The Morgan fingerprint density at radius 2 is 1.93 bits per heavy atom. The Morgan fingerprint density at radius 1 is 1.19 bits per heavy atom. The highest BCUT2D eigenvalue weighted by Gasteiger charge is 2.17. The zero-order valence-corrected chi connectivity index (χ0v) is 16.6. The van der Waals surface area contributed by atoms with Crippen molar-refractivity contribution < 1.29 is 14.3 Å². The Labute approximate surface area is 161 Å². The summed E-state index contributed by atoms with van der Waals surface area (Å²) in [6.07, 6.45) is 5.55. The summed E-state index contributed by atoms with van der Waals surface area (Å²) in [6, 6.07) is 5.63. The zero-order valence-electron chi connectivity index (χ0n) is 16.6. The van der Waals surface area contributed by atoms with E-state index in [1.807, 2.05) is 25.1 Å². The van der Waals surface area contributed by atoms with Crippen molar-refractivity contribution in [3.05, 3.63) is 18.2 Å². The summed E-state index contributed by atoms with van der Waals surface area (Å²) in [4.78, 5) is 16.2. The monoisotopic (exact) mass is 376 g/mol. The maximum Gasteiger partial charge on any atom is 0.220 e. The van der Waals surface area contributed by atoms with Crippen LogP contribution in [0.25, 0.3) is 0 Å². The van der Waals surface area contributed by atoms with E-state index in [0.29, 0.717) is 49.5 Å². The maximum atomic E-state index is 12.0. The van der Waals surface area contributed by atoms with Crippen LogP contribution in [0.3, 0.4) is 0 Å². The van der Waals surface area contributed by atoms with Crippen molar-refractivity contribution in [3.63, 3.8) is 0 Å².